The van der Waals surface area contributed by atoms with Crippen LogP contribution in [-0.2, 0) is 6.42 Å². The number of pyridine rings is 1. The Morgan fingerprint density at radius 1 is 1.30 bits per heavy atom. The van der Waals surface area contributed by atoms with E-state index < -0.39 is 0 Å². The van der Waals surface area contributed by atoms with E-state index in [2.05, 4.69) is 27.0 Å². The van der Waals surface area contributed by atoms with Gasteiger partial charge in [-0.25, -0.2) is 0 Å². The maximum atomic E-state index is 6.25. The Labute approximate surface area is 120 Å². The molecule has 2 aromatic rings. The van der Waals surface area contributed by atoms with Gasteiger partial charge in [0.15, 0.2) is 0 Å². The Morgan fingerprint density at radius 2 is 2.10 bits per heavy atom. The maximum absolute atomic E-state index is 6.25. The van der Waals surface area contributed by atoms with Crippen molar-refractivity contribution >= 4 is 0 Å². The maximum Gasteiger partial charge on any atom is 0.0644 e. The van der Waals surface area contributed by atoms with E-state index in [4.69, 9.17) is 5.73 Å². The van der Waals surface area contributed by atoms with Gasteiger partial charge in [-0.2, -0.15) is 5.10 Å². The highest BCUT2D eigenvalue weighted by atomic mass is 15.3. The number of aryl methyl sites for hydroxylation is 1. The summed E-state index contributed by atoms with van der Waals surface area (Å²) in [5.41, 5.74) is 9.26. The fraction of sp³-hybridized carbons (Fsp3) is 0.500. The molecular formula is C16H22N4. The summed E-state index contributed by atoms with van der Waals surface area (Å²) in [5, 5.41) is 4.69. The van der Waals surface area contributed by atoms with E-state index in [0.717, 1.165) is 23.5 Å². The summed E-state index contributed by atoms with van der Waals surface area (Å²) in [7, 11) is 0. The molecule has 3 rings (SSSR count). The molecule has 106 valence electrons. The van der Waals surface area contributed by atoms with Crippen LogP contribution in [0.25, 0.3) is 0 Å². The monoisotopic (exact) mass is 270 g/mol. The lowest BCUT2D eigenvalue weighted by Crippen LogP contribution is -2.16. The molecule has 0 aromatic carbocycles. The van der Waals surface area contributed by atoms with Crippen LogP contribution in [0, 0.1) is 6.92 Å². The zero-order chi connectivity index (χ0) is 13.9. The molecule has 0 amide bonds. The normalized spacial score (nSPS) is 17.5. The van der Waals surface area contributed by atoms with E-state index in [0.29, 0.717) is 6.04 Å². The van der Waals surface area contributed by atoms with Gasteiger partial charge in [0, 0.05) is 18.3 Å². The minimum Gasteiger partial charge on any atom is -0.322 e. The van der Waals surface area contributed by atoms with Crippen LogP contribution in [-0.4, -0.2) is 14.8 Å². The largest absolute Gasteiger partial charge is 0.322 e. The Hall–Kier alpha value is -1.68. The van der Waals surface area contributed by atoms with Crippen LogP contribution < -0.4 is 5.73 Å². The zero-order valence-electron chi connectivity index (χ0n) is 12.0. The van der Waals surface area contributed by atoms with E-state index in [-0.39, 0.29) is 6.04 Å². The van der Waals surface area contributed by atoms with Crippen molar-refractivity contribution in [1.82, 2.24) is 14.8 Å². The van der Waals surface area contributed by atoms with Gasteiger partial charge in [-0.1, -0.05) is 18.9 Å². The molecule has 2 aromatic heterocycles. The topological polar surface area (TPSA) is 56.7 Å². The second-order valence-electron chi connectivity index (χ2n) is 5.74. The summed E-state index contributed by atoms with van der Waals surface area (Å²) in [6, 6.07) is 8.60. The van der Waals surface area contributed by atoms with Crippen molar-refractivity contribution in [3.05, 3.63) is 47.5 Å². The van der Waals surface area contributed by atoms with E-state index in [1.165, 1.54) is 25.7 Å². The van der Waals surface area contributed by atoms with Gasteiger partial charge in [-0.05, 0) is 38.0 Å². The van der Waals surface area contributed by atoms with Crippen LogP contribution in [0.1, 0.15) is 54.8 Å². The highest BCUT2D eigenvalue weighted by molar-refractivity contribution is 5.15. The Balaban J connectivity index is 1.68. The number of nitrogens with two attached hydrogens (primary N) is 1. The molecule has 1 atom stereocenters. The summed E-state index contributed by atoms with van der Waals surface area (Å²) in [4.78, 5) is 4.49. The molecule has 1 aliphatic carbocycles. The number of hydrogen-bond acceptors (Lipinski definition) is 3. The predicted molar refractivity (Wildman–Crippen MR) is 79.3 cm³/mol. The third-order valence-electron chi connectivity index (χ3n) is 4.08. The summed E-state index contributed by atoms with van der Waals surface area (Å²) in [6.45, 7) is 1.99. The average molecular weight is 270 g/mol. The van der Waals surface area contributed by atoms with E-state index in [1.54, 1.807) is 0 Å². The first-order chi connectivity index (χ1) is 9.72. The van der Waals surface area contributed by atoms with E-state index >= 15 is 0 Å². The van der Waals surface area contributed by atoms with Gasteiger partial charge < -0.3 is 5.73 Å². The molecule has 1 fully saturated rings. The number of hydrogen-bond donors (Lipinski definition) is 1. The molecule has 4 nitrogen and oxygen atoms in total. The first-order valence-electron chi connectivity index (χ1n) is 7.45. The Bertz CT molecular complexity index is 569. The van der Waals surface area contributed by atoms with Gasteiger partial charge in [0.05, 0.1) is 23.5 Å². The van der Waals surface area contributed by atoms with Gasteiger partial charge in [0.2, 0.25) is 0 Å². The molecule has 0 radical (unpaired) electrons. The van der Waals surface area contributed by atoms with Crippen molar-refractivity contribution in [2.45, 2.75) is 51.1 Å². The minimum atomic E-state index is -0.0816. The van der Waals surface area contributed by atoms with Crippen LogP contribution in [0.3, 0.4) is 0 Å². The van der Waals surface area contributed by atoms with Gasteiger partial charge in [-0.3, -0.25) is 9.67 Å². The van der Waals surface area contributed by atoms with Crippen molar-refractivity contribution < 1.29 is 0 Å². The van der Waals surface area contributed by atoms with Crippen LogP contribution in [0.4, 0.5) is 0 Å². The molecule has 2 heterocycles. The molecule has 0 bridgehead atoms. The third-order valence-corrected chi connectivity index (χ3v) is 4.08. The van der Waals surface area contributed by atoms with Gasteiger partial charge in [0.25, 0.3) is 0 Å². The molecule has 0 aliphatic heterocycles. The number of nitrogens with zero attached hydrogens (tertiary/aromatic N) is 3. The lowest BCUT2D eigenvalue weighted by atomic mass is 10.1. The highest BCUT2D eigenvalue weighted by Crippen LogP contribution is 2.29. The lowest BCUT2D eigenvalue weighted by molar-refractivity contribution is 0.461. The van der Waals surface area contributed by atoms with Crippen LogP contribution in [0.5, 0.6) is 0 Å². The molecule has 1 aliphatic rings. The lowest BCUT2D eigenvalue weighted by Gasteiger charge is -2.11. The Morgan fingerprint density at radius 3 is 2.85 bits per heavy atom. The summed E-state index contributed by atoms with van der Waals surface area (Å²) in [6.07, 6.45) is 8.01. The van der Waals surface area contributed by atoms with Crippen LogP contribution >= 0.6 is 0 Å². The zero-order valence-corrected chi connectivity index (χ0v) is 12.0. The highest BCUT2D eigenvalue weighted by Gasteiger charge is 2.18. The summed E-state index contributed by atoms with van der Waals surface area (Å²) in [5.74, 6) is 0. The van der Waals surface area contributed by atoms with E-state index in [9.17, 15) is 0 Å². The first-order valence-corrected chi connectivity index (χ1v) is 7.45. The number of aromatic nitrogens is 3. The quantitative estimate of drug-likeness (QED) is 0.929. The number of rotatable bonds is 4. The SMILES string of the molecule is Cc1cccc(C(N)Cc2ccn(C3CCCC3)n2)n1. The molecule has 2 N–H and O–H groups in total. The second kappa shape index (κ2) is 5.75. The van der Waals surface area contributed by atoms with Crippen molar-refractivity contribution in [2.75, 3.05) is 0 Å². The van der Waals surface area contributed by atoms with Gasteiger partial charge >= 0.3 is 0 Å². The fourth-order valence-corrected chi connectivity index (χ4v) is 2.96. The van der Waals surface area contributed by atoms with Crippen LogP contribution in [0.15, 0.2) is 30.5 Å². The van der Waals surface area contributed by atoms with E-state index in [1.807, 2.05) is 25.1 Å². The van der Waals surface area contributed by atoms with Crippen molar-refractivity contribution in [2.24, 2.45) is 5.73 Å². The third kappa shape index (κ3) is 2.90. The molecule has 4 heteroatoms. The van der Waals surface area contributed by atoms with Gasteiger partial charge in [-0.15, -0.1) is 0 Å². The average Bonchev–Trinajstić information content (AvgIpc) is 3.08. The molecule has 0 saturated heterocycles. The Kier molecular flexibility index (Phi) is 3.83. The first kappa shape index (κ1) is 13.3. The molecule has 1 unspecified atom stereocenters. The standard InChI is InChI=1S/C16H22N4/c1-12-5-4-8-16(18-12)15(17)11-13-9-10-20(19-13)14-6-2-3-7-14/h4-5,8-10,14-15H,2-3,6-7,11,17H2,1H3. The second-order valence-corrected chi connectivity index (χ2v) is 5.74. The summed E-state index contributed by atoms with van der Waals surface area (Å²) >= 11 is 0. The molecule has 20 heavy (non-hydrogen) atoms. The smallest absolute Gasteiger partial charge is 0.0644 e. The fourth-order valence-electron chi connectivity index (χ4n) is 2.96. The van der Waals surface area contributed by atoms with Crippen molar-refractivity contribution in [1.29, 1.82) is 0 Å². The minimum absolute atomic E-state index is 0.0816. The predicted octanol–water partition coefficient (Wildman–Crippen LogP) is 2.94. The molecule has 0 spiro atoms. The van der Waals surface area contributed by atoms with Crippen molar-refractivity contribution in [3.8, 4) is 0 Å². The molecular weight excluding hydrogens is 248 g/mol. The van der Waals surface area contributed by atoms with Gasteiger partial charge in [0.1, 0.15) is 0 Å². The summed E-state index contributed by atoms with van der Waals surface area (Å²) < 4.78 is 2.12. The van der Waals surface area contributed by atoms with Crippen LogP contribution in [0.2, 0.25) is 0 Å². The molecule has 1 saturated carbocycles. The van der Waals surface area contributed by atoms with Crippen molar-refractivity contribution in [3.63, 3.8) is 0 Å².